The number of hydrogen-bond donors (Lipinski definition) is 1. The maximum Gasteiger partial charge on any atom is 0.153 e. The summed E-state index contributed by atoms with van der Waals surface area (Å²) in [4.78, 5) is 2.30. The van der Waals surface area contributed by atoms with Crippen LogP contribution in [0.4, 0.5) is 0 Å². The quantitative estimate of drug-likeness (QED) is 0.799. The van der Waals surface area contributed by atoms with Crippen LogP contribution in [-0.2, 0) is 9.84 Å². The van der Waals surface area contributed by atoms with Gasteiger partial charge in [0, 0.05) is 13.1 Å². The second-order valence-electron chi connectivity index (χ2n) is 5.28. The molecule has 1 aliphatic rings. The first-order valence-electron chi connectivity index (χ1n) is 6.54. The van der Waals surface area contributed by atoms with Crippen molar-refractivity contribution in [2.75, 3.05) is 39.0 Å². The zero-order valence-electron chi connectivity index (χ0n) is 11.7. The van der Waals surface area contributed by atoms with Crippen molar-refractivity contribution < 1.29 is 8.42 Å². The van der Waals surface area contributed by atoms with E-state index in [1.54, 1.807) is 13.8 Å². The molecule has 0 radical (unpaired) electrons. The minimum atomic E-state index is -2.88. The Labute approximate surface area is 118 Å². The Balaban J connectivity index is 0.00000289. The number of hydrogen-bond acceptors (Lipinski definition) is 4. The fourth-order valence-corrected chi connectivity index (χ4v) is 3.29. The van der Waals surface area contributed by atoms with E-state index in [0.717, 1.165) is 19.6 Å². The first-order chi connectivity index (χ1) is 7.95. The van der Waals surface area contributed by atoms with Crippen molar-refractivity contribution in [1.82, 2.24) is 10.2 Å². The van der Waals surface area contributed by atoms with E-state index in [9.17, 15) is 8.42 Å². The second kappa shape index (κ2) is 8.35. The third-order valence-corrected chi connectivity index (χ3v) is 5.69. The predicted octanol–water partition coefficient (Wildman–Crippen LogP) is 1.16. The lowest BCUT2D eigenvalue weighted by Crippen LogP contribution is -2.41. The Hall–Kier alpha value is 0.160. The standard InChI is InChI=1S/C12H26N2O2S.ClH/c1-11(2)17(15,16)8-7-14-6-4-5-12(10-14)9-13-3;/h11-13H,4-10H2,1-3H3;1H. The molecule has 110 valence electrons. The van der Waals surface area contributed by atoms with Gasteiger partial charge in [-0.05, 0) is 52.7 Å². The summed E-state index contributed by atoms with van der Waals surface area (Å²) in [7, 11) is -0.910. The summed E-state index contributed by atoms with van der Waals surface area (Å²) in [5.41, 5.74) is 0. The summed E-state index contributed by atoms with van der Waals surface area (Å²) >= 11 is 0. The minimum absolute atomic E-state index is 0. The van der Waals surface area contributed by atoms with Gasteiger partial charge in [-0.3, -0.25) is 0 Å². The molecule has 0 spiro atoms. The maximum atomic E-state index is 11.7. The van der Waals surface area contributed by atoms with Gasteiger partial charge in [0.15, 0.2) is 9.84 Å². The normalized spacial score (nSPS) is 21.9. The molecule has 0 aliphatic carbocycles. The van der Waals surface area contributed by atoms with E-state index in [1.165, 1.54) is 12.8 Å². The summed E-state index contributed by atoms with van der Waals surface area (Å²) in [6.45, 7) is 7.33. The van der Waals surface area contributed by atoms with Crippen LogP contribution in [0.3, 0.4) is 0 Å². The van der Waals surface area contributed by atoms with Gasteiger partial charge in [-0.2, -0.15) is 0 Å². The Morgan fingerprint density at radius 1 is 1.39 bits per heavy atom. The van der Waals surface area contributed by atoms with Crippen molar-refractivity contribution in [3.63, 3.8) is 0 Å². The summed E-state index contributed by atoms with van der Waals surface area (Å²) < 4.78 is 23.5. The largest absolute Gasteiger partial charge is 0.319 e. The van der Waals surface area contributed by atoms with E-state index in [4.69, 9.17) is 0 Å². The molecular weight excluding hydrogens is 272 g/mol. The average molecular weight is 299 g/mol. The number of sulfone groups is 1. The maximum absolute atomic E-state index is 11.7. The lowest BCUT2D eigenvalue weighted by atomic mass is 9.98. The summed E-state index contributed by atoms with van der Waals surface area (Å²) in [6.07, 6.45) is 2.45. The first kappa shape index (κ1) is 18.2. The van der Waals surface area contributed by atoms with E-state index in [-0.39, 0.29) is 17.7 Å². The van der Waals surface area contributed by atoms with Gasteiger partial charge < -0.3 is 10.2 Å². The van der Waals surface area contributed by atoms with E-state index < -0.39 is 9.84 Å². The molecule has 1 saturated heterocycles. The fraction of sp³-hybridized carbons (Fsp3) is 1.00. The van der Waals surface area contributed by atoms with E-state index in [2.05, 4.69) is 10.2 Å². The van der Waals surface area contributed by atoms with E-state index >= 15 is 0 Å². The van der Waals surface area contributed by atoms with Crippen LogP contribution in [0.5, 0.6) is 0 Å². The highest BCUT2D eigenvalue weighted by Crippen LogP contribution is 2.15. The molecular formula is C12H27ClN2O2S. The second-order valence-corrected chi connectivity index (χ2v) is 7.96. The van der Waals surface area contributed by atoms with Crippen LogP contribution in [-0.4, -0.2) is 57.5 Å². The minimum Gasteiger partial charge on any atom is -0.319 e. The molecule has 4 nitrogen and oxygen atoms in total. The first-order valence-corrected chi connectivity index (χ1v) is 8.25. The zero-order valence-corrected chi connectivity index (χ0v) is 13.3. The van der Waals surface area contributed by atoms with Gasteiger partial charge in [-0.1, -0.05) is 0 Å². The van der Waals surface area contributed by atoms with Crippen molar-refractivity contribution >= 4 is 22.2 Å². The van der Waals surface area contributed by atoms with Crippen LogP contribution in [0.1, 0.15) is 26.7 Å². The number of rotatable bonds is 6. The van der Waals surface area contributed by atoms with Crippen LogP contribution in [0.15, 0.2) is 0 Å². The highest BCUT2D eigenvalue weighted by atomic mass is 35.5. The van der Waals surface area contributed by atoms with E-state index in [1.807, 2.05) is 7.05 Å². The van der Waals surface area contributed by atoms with Gasteiger partial charge in [0.2, 0.25) is 0 Å². The number of likely N-dealkylation sites (tertiary alicyclic amines) is 1. The fourth-order valence-electron chi connectivity index (χ4n) is 2.30. The third-order valence-electron chi connectivity index (χ3n) is 3.51. The summed E-state index contributed by atoms with van der Waals surface area (Å²) in [5, 5.41) is 2.95. The van der Waals surface area contributed by atoms with Crippen molar-refractivity contribution in [2.45, 2.75) is 31.9 Å². The molecule has 1 fully saturated rings. The van der Waals surface area contributed by atoms with Crippen LogP contribution in [0.2, 0.25) is 0 Å². The molecule has 0 bridgehead atoms. The molecule has 0 aromatic rings. The molecule has 1 N–H and O–H groups in total. The molecule has 1 atom stereocenters. The Kier molecular flexibility index (Phi) is 8.43. The average Bonchev–Trinajstić information content (AvgIpc) is 2.27. The number of nitrogens with one attached hydrogen (secondary N) is 1. The van der Waals surface area contributed by atoms with Crippen LogP contribution in [0.25, 0.3) is 0 Å². The van der Waals surface area contributed by atoms with Gasteiger partial charge >= 0.3 is 0 Å². The van der Waals surface area contributed by atoms with Gasteiger partial charge in [-0.15, -0.1) is 12.4 Å². The monoisotopic (exact) mass is 298 g/mol. The molecule has 1 rings (SSSR count). The number of halogens is 1. The van der Waals surface area contributed by atoms with Crippen LogP contribution >= 0.6 is 12.4 Å². The lowest BCUT2D eigenvalue weighted by Gasteiger charge is -2.32. The highest BCUT2D eigenvalue weighted by Gasteiger charge is 2.22. The zero-order chi connectivity index (χ0) is 12.9. The van der Waals surface area contributed by atoms with Gasteiger partial charge in [0.25, 0.3) is 0 Å². The van der Waals surface area contributed by atoms with Crippen molar-refractivity contribution in [3.05, 3.63) is 0 Å². The van der Waals surface area contributed by atoms with Gasteiger partial charge in [0.1, 0.15) is 0 Å². The van der Waals surface area contributed by atoms with Gasteiger partial charge in [-0.25, -0.2) is 8.42 Å². The molecule has 0 aromatic carbocycles. The van der Waals surface area contributed by atoms with Crippen molar-refractivity contribution in [3.8, 4) is 0 Å². The van der Waals surface area contributed by atoms with Crippen LogP contribution in [0, 0.1) is 5.92 Å². The Bertz CT molecular complexity index is 318. The Morgan fingerprint density at radius 2 is 2.06 bits per heavy atom. The lowest BCUT2D eigenvalue weighted by molar-refractivity contribution is 0.182. The molecule has 1 unspecified atom stereocenters. The SMILES string of the molecule is CNCC1CCCN(CCS(=O)(=O)C(C)C)C1.Cl. The highest BCUT2D eigenvalue weighted by molar-refractivity contribution is 7.92. The topological polar surface area (TPSA) is 49.4 Å². The molecule has 18 heavy (non-hydrogen) atoms. The molecule has 1 heterocycles. The van der Waals surface area contributed by atoms with Crippen molar-refractivity contribution in [2.24, 2.45) is 5.92 Å². The Morgan fingerprint density at radius 3 is 2.61 bits per heavy atom. The predicted molar refractivity (Wildman–Crippen MR) is 79.3 cm³/mol. The molecule has 0 amide bonds. The third kappa shape index (κ3) is 5.87. The van der Waals surface area contributed by atoms with Crippen LogP contribution < -0.4 is 5.32 Å². The summed E-state index contributed by atoms with van der Waals surface area (Å²) in [6, 6.07) is 0. The number of piperidine rings is 1. The summed E-state index contributed by atoms with van der Waals surface area (Å²) in [5.74, 6) is 0.979. The molecule has 6 heteroatoms. The number of nitrogens with zero attached hydrogens (tertiary/aromatic N) is 1. The van der Waals surface area contributed by atoms with Gasteiger partial charge in [0.05, 0.1) is 11.0 Å². The molecule has 1 aliphatic heterocycles. The van der Waals surface area contributed by atoms with Crippen molar-refractivity contribution in [1.29, 1.82) is 0 Å². The molecule has 0 saturated carbocycles. The smallest absolute Gasteiger partial charge is 0.153 e. The molecule has 0 aromatic heterocycles. The van der Waals surface area contributed by atoms with E-state index in [0.29, 0.717) is 18.2 Å².